The molecule has 1 aromatic heterocycles. The number of carbonyl (C=O) groups is 2. The van der Waals surface area contributed by atoms with Crippen molar-refractivity contribution < 1.29 is 14.3 Å². The summed E-state index contributed by atoms with van der Waals surface area (Å²) in [6.07, 6.45) is 4.24. The normalized spacial score (nSPS) is 14.8. The van der Waals surface area contributed by atoms with E-state index < -0.39 is 11.8 Å². The van der Waals surface area contributed by atoms with Crippen LogP contribution in [-0.4, -0.2) is 28.2 Å². The SMILES string of the molecule is COC(=O)Nn1c(C(=O)c2ccccc2)c(C)n(C2CCCCC2)c1=O. The third kappa shape index (κ3) is 3.29. The number of rotatable bonds is 4. The molecule has 1 amide bonds. The molecule has 0 bridgehead atoms. The number of aromatic nitrogens is 2. The van der Waals surface area contributed by atoms with Crippen molar-refractivity contribution in [3.05, 3.63) is 57.8 Å². The molecule has 0 unspecified atom stereocenters. The van der Waals surface area contributed by atoms with Crippen molar-refractivity contribution in [3.8, 4) is 0 Å². The highest BCUT2D eigenvalue weighted by Crippen LogP contribution is 2.29. The van der Waals surface area contributed by atoms with Crippen LogP contribution in [-0.2, 0) is 4.74 Å². The zero-order valence-corrected chi connectivity index (χ0v) is 15.0. The van der Waals surface area contributed by atoms with Gasteiger partial charge >= 0.3 is 11.8 Å². The molecule has 1 aliphatic rings. The van der Waals surface area contributed by atoms with Gasteiger partial charge < -0.3 is 4.74 Å². The van der Waals surface area contributed by atoms with Crippen molar-refractivity contribution in [2.45, 2.75) is 45.1 Å². The first-order valence-corrected chi connectivity index (χ1v) is 8.83. The van der Waals surface area contributed by atoms with Gasteiger partial charge in [-0.1, -0.05) is 49.6 Å². The summed E-state index contributed by atoms with van der Waals surface area (Å²) < 4.78 is 7.28. The lowest BCUT2D eigenvalue weighted by atomic mass is 9.95. The lowest BCUT2D eigenvalue weighted by Crippen LogP contribution is -2.37. The van der Waals surface area contributed by atoms with Gasteiger partial charge in [0.1, 0.15) is 5.69 Å². The summed E-state index contributed by atoms with van der Waals surface area (Å²) in [5.41, 5.74) is 3.14. The van der Waals surface area contributed by atoms with Gasteiger partial charge in [0.15, 0.2) is 0 Å². The van der Waals surface area contributed by atoms with Gasteiger partial charge in [-0.05, 0) is 19.8 Å². The number of amides is 1. The molecule has 1 aliphatic carbocycles. The van der Waals surface area contributed by atoms with Crippen molar-refractivity contribution in [2.75, 3.05) is 12.5 Å². The van der Waals surface area contributed by atoms with Crippen LogP contribution in [0.2, 0.25) is 0 Å². The molecule has 1 fully saturated rings. The van der Waals surface area contributed by atoms with E-state index in [0.717, 1.165) is 36.8 Å². The molecule has 2 aromatic rings. The van der Waals surface area contributed by atoms with Crippen LogP contribution in [0.25, 0.3) is 0 Å². The van der Waals surface area contributed by atoms with Crippen LogP contribution in [0.4, 0.5) is 4.79 Å². The molecule has 1 N–H and O–H groups in total. The highest BCUT2D eigenvalue weighted by molar-refractivity contribution is 6.08. The third-order valence-electron chi connectivity index (χ3n) is 4.90. The Kier molecular flexibility index (Phi) is 5.25. The topological polar surface area (TPSA) is 82.3 Å². The molecule has 0 saturated heterocycles. The summed E-state index contributed by atoms with van der Waals surface area (Å²) >= 11 is 0. The second-order valence-corrected chi connectivity index (χ2v) is 6.51. The van der Waals surface area contributed by atoms with Gasteiger partial charge in [-0.15, -0.1) is 0 Å². The molecule has 0 atom stereocenters. The average molecular weight is 357 g/mol. The fourth-order valence-corrected chi connectivity index (χ4v) is 3.62. The third-order valence-corrected chi connectivity index (χ3v) is 4.90. The van der Waals surface area contributed by atoms with Crippen molar-refractivity contribution >= 4 is 11.9 Å². The number of imidazole rings is 1. The Morgan fingerprint density at radius 1 is 1.12 bits per heavy atom. The first-order valence-electron chi connectivity index (χ1n) is 8.83. The predicted molar refractivity (Wildman–Crippen MR) is 97.2 cm³/mol. The monoisotopic (exact) mass is 357 g/mol. The number of carbonyl (C=O) groups excluding carboxylic acids is 2. The van der Waals surface area contributed by atoms with E-state index in [9.17, 15) is 14.4 Å². The predicted octanol–water partition coefficient (Wildman–Crippen LogP) is 3.00. The first-order chi connectivity index (χ1) is 12.5. The summed E-state index contributed by atoms with van der Waals surface area (Å²) in [6, 6.07) is 8.75. The largest absolute Gasteiger partial charge is 0.452 e. The highest BCUT2D eigenvalue weighted by Gasteiger charge is 2.29. The summed E-state index contributed by atoms with van der Waals surface area (Å²) in [5, 5.41) is 0. The molecule has 7 heteroatoms. The lowest BCUT2D eigenvalue weighted by molar-refractivity contribution is 0.103. The second-order valence-electron chi connectivity index (χ2n) is 6.51. The first kappa shape index (κ1) is 18.0. The van der Waals surface area contributed by atoms with E-state index in [1.165, 1.54) is 7.11 Å². The quantitative estimate of drug-likeness (QED) is 0.853. The Balaban J connectivity index is 2.13. The Morgan fingerprint density at radius 2 is 1.77 bits per heavy atom. The number of ether oxygens (including phenoxy) is 1. The van der Waals surface area contributed by atoms with Gasteiger partial charge in [0.25, 0.3) is 0 Å². The van der Waals surface area contributed by atoms with Crippen LogP contribution in [0.3, 0.4) is 0 Å². The number of ketones is 1. The van der Waals surface area contributed by atoms with Crippen LogP contribution in [0.1, 0.15) is 59.9 Å². The van der Waals surface area contributed by atoms with Crippen LogP contribution in [0.5, 0.6) is 0 Å². The van der Waals surface area contributed by atoms with Gasteiger partial charge in [0, 0.05) is 17.3 Å². The van der Waals surface area contributed by atoms with E-state index >= 15 is 0 Å². The molecule has 0 radical (unpaired) electrons. The molecule has 138 valence electrons. The minimum Gasteiger partial charge on any atom is -0.452 e. The standard InChI is InChI=1S/C19H23N3O4/c1-13-16(17(23)14-9-5-3-6-10-14)22(20-18(24)26-2)19(25)21(13)15-11-7-4-8-12-15/h3,5-6,9-10,15H,4,7-8,11-12H2,1-2H3,(H,20,24). The summed E-state index contributed by atoms with van der Waals surface area (Å²) in [7, 11) is 1.21. The number of hydrogen-bond donors (Lipinski definition) is 1. The van der Waals surface area contributed by atoms with E-state index in [1.807, 2.05) is 6.07 Å². The number of benzene rings is 1. The van der Waals surface area contributed by atoms with E-state index in [0.29, 0.717) is 11.3 Å². The van der Waals surface area contributed by atoms with Crippen LogP contribution >= 0.6 is 0 Å². The van der Waals surface area contributed by atoms with Crippen molar-refractivity contribution in [1.82, 2.24) is 9.24 Å². The number of nitrogens with one attached hydrogen (secondary N) is 1. The maximum atomic E-state index is 13.0. The fraction of sp³-hybridized carbons (Fsp3) is 0.421. The minimum atomic E-state index is -0.796. The average Bonchev–Trinajstić information content (AvgIpc) is 2.92. The number of methoxy groups -OCH3 is 1. The van der Waals surface area contributed by atoms with Crippen molar-refractivity contribution in [3.63, 3.8) is 0 Å². The van der Waals surface area contributed by atoms with E-state index in [-0.39, 0.29) is 17.5 Å². The van der Waals surface area contributed by atoms with Crippen LogP contribution < -0.4 is 11.1 Å². The Morgan fingerprint density at radius 3 is 2.38 bits per heavy atom. The molecule has 3 rings (SSSR count). The Bertz CT molecular complexity index is 861. The maximum Gasteiger partial charge on any atom is 0.426 e. The van der Waals surface area contributed by atoms with Gasteiger partial charge in [-0.2, -0.15) is 4.68 Å². The van der Waals surface area contributed by atoms with Gasteiger partial charge in [0.2, 0.25) is 5.78 Å². The van der Waals surface area contributed by atoms with E-state index in [1.54, 1.807) is 35.8 Å². The van der Waals surface area contributed by atoms with Gasteiger partial charge in [-0.3, -0.25) is 9.36 Å². The van der Waals surface area contributed by atoms with Crippen molar-refractivity contribution in [2.24, 2.45) is 0 Å². The molecule has 0 aliphatic heterocycles. The number of nitrogens with zero attached hydrogens (tertiary/aromatic N) is 2. The van der Waals surface area contributed by atoms with E-state index in [4.69, 9.17) is 0 Å². The van der Waals surface area contributed by atoms with Gasteiger partial charge in [0.05, 0.1) is 7.11 Å². The molecule has 7 nitrogen and oxygen atoms in total. The van der Waals surface area contributed by atoms with Gasteiger partial charge in [-0.25, -0.2) is 15.0 Å². The minimum absolute atomic E-state index is 0.0410. The molecule has 0 spiro atoms. The second kappa shape index (κ2) is 7.59. The summed E-state index contributed by atoms with van der Waals surface area (Å²) in [5.74, 6) is -0.314. The van der Waals surface area contributed by atoms with E-state index in [2.05, 4.69) is 10.2 Å². The smallest absolute Gasteiger partial charge is 0.426 e. The van der Waals surface area contributed by atoms with Crippen molar-refractivity contribution in [1.29, 1.82) is 0 Å². The van der Waals surface area contributed by atoms with Crippen LogP contribution in [0, 0.1) is 6.92 Å². The summed E-state index contributed by atoms with van der Waals surface area (Å²) in [4.78, 5) is 37.8. The zero-order chi connectivity index (χ0) is 18.7. The maximum absolute atomic E-state index is 13.0. The highest BCUT2D eigenvalue weighted by atomic mass is 16.5. The molecule has 1 aromatic carbocycles. The summed E-state index contributed by atoms with van der Waals surface area (Å²) in [6.45, 7) is 1.75. The van der Waals surface area contributed by atoms with Crippen LogP contribution in [0.15, 0.2) is 35.1 Å². The molecule has 1 saturated carbocycles. The lowest BCUT2D eigenvalue weighted by Gasteiger charge is -2.23. The molecular formula is C19H23N3O4. The zero-order valence-electron chi connectivity index (χ0n) is 15.0. The molecule has 26 heavy (non-hydrogen) atoms. The molecule has 1 heterocycles. The fourth-order valence-electron chi connectivity index (χ4n) is 3.62. The Labute approximate surface area is 151 Å². The Hall–Kier alpha value is -2.83. The number of hydrogen-bond acceptors (Lipinski definition) is 4. The molecular weight excluding hydrogens is 334 g/mol.